The molecule has 0 aromatic rings. The van der Waals surface area contributed by atoms with Crippen molar-refractivity contribution in [3.8, 4) is 0 Å². The van der Waals surface area contributed by atoms with Crippen molar-refractivity contribution in [3.63, 3.8) is 0 Å². The molecular weight excluding hydrogens is 186 g/mol. The molecule has 0 bridgehead atoms. The Morgan fingerprint density at radius 1 is 1.53 bits per heavy atom. The first-order chi connectivity index (χ1) is 7.20. The summed E-state index contributed by atoms with van der Waals surface area (Å²) in [4.78, 5) is 12.1. The van der Waals surface area contributed by atoms with Gasteiger partial charge >= 0.3 is 0 Å². The minimum atomic E-state index is -0.320. The van der Waals surface area contributed by atoms with Gasteiger partial charge in [0.1, 0.15) is 0 Å². The first-order valence-corrected chi connectivity index (χ1v) is 6.10. The molecule has 1 aliphatic carbocycles. The fourth-order valence-corrected chi connectivity index (χ4v) is 2.64. The molecule has 1 saturated carbocycles. The lowest BCUT2D eigenvalue weighted by Crippen LogP contribution is -2.39. The second kappa shape index (κ2) is 6.06. The van der Waals surface area contributed by atoms with Crippen LogP contribution >= 0.6 is 0 Å². The van der Waals surface area contributed by atoms with Crippen LogP contribution in [0.5, 0.6) is 0 Å². The van der Waals surface area contributed by atoms with Crippen molar-refractivity contribution >= 4 is 5.78 Å². The molecule has 0 amide bonds. The highest BCUT2D eigenvalue weighted by molar-refractivity contribution is 5.86. The minimum absolute atomic E-state index is 0.221. The molecule has 1 aliphatic rings. The van der Waals surface area contributed by atoms with E-state index >= 15 is 0 Å². The monoisotopic (exact) mass is 209 g/mol. The fourth-order valence-electron chi connectivity index (χ4n) is 2.64. The van der Waals surface area contributed by atoms with Crippen molar-refractivity contribution in [1.29, 1.82) is 0 Å². The maximum atomic E-state index is 12.1. The number of ketones is 1. The Bertz CT molecular complexity index is 225. The Balaban J connectivity index is 2.58. The zero-order chi connectivity index (χ0) is 11.3. The third kappa shape index (κ3) is 3.16. The molecule has 1 rings (SSSR count). The molecule has 86 valence electrons. The van der Waals surface area contributed by atoms with E-state index < -0.39 is 0 Å². The zero-order valence-electron chi connectivity index (χ0n) is 9.74. The molecule has 3 unspecified atom stereocenters. The number of carbonyl (C=O) groups is 1. The van der Waals surface area contributed by atoms with Gasteiger partial charge in [0.25, 0.3) is 0 Å². The summed E-state index contributed by atoms with van der Waals surface area (Å²) in [6.07, 6.45) is 8.18. The number of carbonyl (C=O) groups excluding carboxylic acids is 1. The molecule has 15 heavy (non-hydrogen) atoms. The lowest BCUT2D eigenvalue weighted by atomic mass is 9.74. The van der Waals surface area contributed by atoms with E-state index in [1.165, 1.54) is 19.3 Å². The summed E-state index contributed by atoms with van der Waals surface area (Å²) in [6.45, 7) is 5.81. The number of hydrogen-bond acceptors (Lipinski definition) is 2. The molecule has 0 aliphatic heterocycles. The number of Topliss-reactive ketones (excluding diaryl/α,β-unsaturated/α-hetero) is 1. The molecule has 0 aromatic heterocycles. The van der Waals surface area contributed by atoms with Gasteiger partial charge in [-0.15, -0.1) is 6.58 Å². The van der Waals surface area contributed by atoms with Crippen molar-refractivity contribution < 1.29 is 4.79 Å². The highest BCUT2D eigenvalue weighted by Crippen LogP contribution is 2.33. The highest BCUT2D eigenvalue weighted by Gasteiger charge is 2.31. The van der Waals surface area contributed by atoms with Crippen LogP contribution in [0.2, 0.25) is 0 Å². The van der Waals surface area contributed by atoms with Crippen molar-refractivity contribution in [2.24, 2.45) is 17.6 Å². The van der Waals surface area contributed by atoms with Gasteiger partial charge in [-0.2, -0.15) is 0 Å². The van der Waals surface area contributed by atoms with Crippen molar-refractivity contribution in [2.75, 3.05) is 0 Å². The molecular formula is C13H23NO. The van der Waals surface area contributed by atoms with Gasteiger partial charge in [0.2, 0.25) is 0 Å². The van der Waals surface area contributed by atoms with Gasteiger partial charge < -0.3 is 5.73 Å². The predicted molar refractivity (Wildman–Crippen MR) is 63.5 cm³/mol. The largest absolute Gasteiger partial charge is 0.321 e. The van der Waals surface area contributed by atoms with Crippen LogP contribution in [-0.2, 0) is 4.79 Å². The van der Waals surface area contributed by atoms with E-state index in [0.717, 1.165) is 12.8 Å². The molecule has 0 heterocycles. The molecule has 1 fully saturated rings. The SMILES string of the molecule is C=CCC(N)C(=O)C1CCCCC1CC. The molecule has 2 nitrogen and oxygen atoms in total. The van der Waals surface area contributed by atoms with Crippen molar-refractivity contribution in [2.45, 2.75) is 51.5 Å². The van der Waals surface area contributed by atoms with Crippen molar-refractivity contribution in [1.82, 2.24) is 0 Å². The third-order valence-electron chi connectivity index (χ3n) is 3.58. The predicted octanol–water partition coefficient (Wildman–Crippen LogP) is 2.68. The fraction of sp³-hybridized carbons (Fsp3) is 0.769. The topological polar surface area (TPSA) is 43.1 Å². The summed E-state index contributed by atoms with van der Waals surface area (Å²) >= 11 is 0. The summed E-state index contributed by atoms with van der Waals surface area (Å²) in [5, 5.41) is 0. The molecule has 0 spiro atoms. The Morgan fingerprint density at radius 2 is 2.20 bits per heavy atom. The second-order valence-electron chi connectivity index (χ2n) is 4.59. The van der Waals surface area contributed by atoms with E-state index in [-0.39, 0.29) is 17.7 Å². The van der Waals surface area contributed by atoms with E-state index in [9.17, 15) is 4.79 Å². The van der Waals surface area contributed by atoms with Crippen LogP contribution in [-0.4, -0.2) is 11.8 Å². The number of hydrogen-bond donors (Lipinski definition) is 1. The Hall–Kier alpha value is -0.630. The Kier molecular flexibility index (Phi) is 5.03. The summed E-state index contributed by atoms with van der Waals surface area (Å²) < 4.78 is 0. The average Bonchev–Trinajstić information content (AvgIpc) is 2.28. The van der Waals surface area contributed by atoms with E-state index in [1.807, 2.05) is 0 Å². The first kappa shape index (κ1) is 12.4. The lowest BCUT2D eigenvalue weighted by Gasteiger charge is -2.31. The van der Waals surface area contributed by atoms with Crippen LogP contribution in [0.3, 0.4) is 0 Å². The number of rotatable bonds is 5. The van der Waals surface area contributed by atoms with Gasteiger partial charge in [0, 0.05) is 5.92 Å². The third-order valence-corrected chi connectivity index (χ3v) is 3.58. The quantitative estimate of drug-likeness (QED) is 0.707. The molecule has 0 saturated heterocycles. The first-order valence-electron chi connectivity index (χ1n) is 6.10. The summed E-state index contributed by atoms with van der Waals surface area (Å²) in [5.41, 5.74) is 5.85. The highest BCUT2D eigenvalue weighted by atomic mass is 16.1. The van der Waals surface area contributed by atoms with Gasteiger partial charge in [-0.25, -0.2) is 0 Å². The smallest absolute Gasteiger partial charge is 0.153 e. The van der Waals surface area contributed by atoms with Gasteiger partial charge in [-0.3, -0.25) is 4.79 Å². The maximum absolute atomic E-state index is 12.1. The van der Waals surface area contributed by atoms with Crippen LogP contribution in [0.25, 0.3) is 0 Å². The molecule has 3 atom stereocenters. The molecule has 0 radical (unpaired) electrons. The van der Waals surface area contributed by atoms with Crippen LogP contribution in [0.15, 0.2) is 12.7 Å². The van der Waals surface area contributed by atoms with E-state index in [4.69, 9.17) is 5.73 Å². The maximum Gasteiger partial charge on any atom is 0.153 e. The van der Waals surface area contributed by atoms with Gasteiger partial charge in [0.15, 0.2) is 5.78 Å². The van der Waals surface area contributed by atoms with Gasteiger partial charge in [0.05, 0.1) is 6.04 Å². The standard InChI is InChI=1S/C13H23NO/c1-3-7-12(14)13(15)11-9-6-5-8-10(11)4-2/h3,10-12H,1,4-9,14H2,2H3. The summed E-state index contributed by atoms with van der Waals surface area (Å²) in [7, 11) is 0. The van der Waals surface area contributed by atoms with Gasteiger partial charge in [-0.1, -0.05) is 32.3 Å². The second-order valence-corrected chi connectivity index (χ2v) is 4.59. The summed E-state index contributed by atoms with van der Waals surface area (Å²) in [6, 6.07) is -0.320. The molecule has 2 heteroatoms. The molecule has 2 N–H and O–H groups in total. The van der Waals surface area contributed by atoms with Crippen LogP contribution < -0.4 is 5.73 Å². The lowest BCUT2D eigenvalue weighted by molar-refractivity contribution is -0.126. The van der Waals surface area contributed by atoms with Crippen LogP contribution in [0.1, 0.15) is 45.4 Å². The van der Waals surface area contributed by atoms with E-state index in [2.05, 4.69) is 13.5 Å². The summed E-state index contributed by atoms with van der Waals surface area (Å²) in [5.74, 6) is 1.06. The van der Waals surface area contributed by atoms with Crippen LogP contribution in [0.4, 0.5) is 0 Å². The zero-order valence-corrected chi connectivity index (χ0v) is 9.74. The Labute approximate surface area is 92.9 Å². The van der Waals surface area contributed by atoms with E-state index in [1.54, 1.807) is 6.08 Å². The Morgan fingerprint density at radius 3 is 2.80 bits per heavy atom. The van der Waals surface area contributed by atoms with Crippen LogP contribution in [0, 0.1) is 11.8 Å². The van der Waals surface area contributed by atoms with Gasteiger partial charge in [-0.05, 0) is 25.2 Å². The van der Waals surface area contributed by atoms with Crippen molar-refractivity contribution in [3.05, 3.63) is 12.7 Å². The van der Waals surface area contributed by atoms with E-state index in [0.29, 0.717) is 12.3 Å². The normalized spacial score (nSPS) is 28.4. The minimum Gasteiger partial charge on any atom is -0.321 e. The molecule has 0 aromatic carbocycles. The average molecular weight is 209 g/mol. The number of nitrogens with two attached hydrogens (primary N) is 1.